The van der Waals surface area contributed by atoms with Crippen molar-refractivity contribution in [3.8, 4) is 0 Å². The van der Waals surface area contributed by atoms with Gasteiger partial charge in [-0.2, -0.15) is 0 Å². The summed E-state index contributed by atoms with van der Waals surface area (Å²) in [5.74, 6) is 0. The van der Waals surface area contributed by atoms with Crippen molar-refractivity contribution in [2.75, 3.05) is 7.11 Å². The van der Waals surface area contributed by atoms with Crippen LogP contribution in [-0.4, -0.2) is 15.9 Å². The van der Waals surface area contributed by atoms with Crippen LogP contribution in [0.5, 0.6) is 0 Å². The minimum atomic E-state index is -1.85. The fourth-order valence-corrected chi connectivity index (χ4v) is 2.04. The molecule has 0 radical (unpaired) electrons. The summed E-state index contributed by atoms with van der Waals surface area (Å²) >= 11 is -0.581. The summed E-state index contributed by atoms with van der Waals surface area (Å²) < 4.78 is 24.5. The summed E-state index contributed by atoms with van der Waals surface area (Å²) in [6, 6.07) is 1.67. The molecule has 0 aliphatic heterocycles. The minimum absolute atomic E-state index is 0.469. The first kappa shape index (κ1) is 8.86. The third kappa shape index (κ3) is 2.37. The Morgan fingerprint density at radius 1 is 1.82 bits per heavy atom. The lowest BCUT2D eigenvalue weighted by Crippen LogP contribution is -1.84. The topological polar surface area (TPSA) is 46.5 Å². The van der Waals surface area contributed by atoms with Gasteiger partial charge < -0.3 is 9.29 Å². The van der Waals surface area contributed by atoms with Gasteiger partial charge in [-0.15, -0.1) is 11.3 Å². The molecule has 0 saturated carbocycles. The van der Waals surface area contributed by atoms with E-state index in [1.54, 1.807) is 13.2 Å². The van der Waals surface area contributed by atoms with E-state index >= 15 is 0 Å². The fraction of sp³-hybridized carbons (Fsp3) is 0.333. The SMILES string of the molecule is COCc1csc(S(=O)O)c1. The van der Waals surface area contributed by atoms with Crippen LogP contribution >= 0.6 is 11.3 Å². The van der Waals surface area contributed by atoms with Gasteiger partial charge in [0.15, 0.2) is 11.1 Å². The van der Waals surface area contributed by atoms with Gasteiger partial charge in [0.05, 0.1) is 6.61 Å². The standard InChI is InChI=1S/C6H8O3S2/c1-9-3-5-2-6(10-4-5)11(7)8/h2,4H,3H2,1H3,(H,7,8). The van der Waals surface area contributed by atoms with Crippen molar-refractivity contribution in [2.24, 2.45) is 0 Å². The molecule has 1 heterocycles. The highest BCUT2D eigenvalue weighted by molar-refractivity contribution is 7.81. The third-order valence-electron chi connectivity index (χ3n) is 1.11. The third-order valence-corrected chi connectivity index (χ3v) is 3.06. The van der Waals surface area contributed by atoms with E-state index in [0.717, 1.165) is 5.56 Å². The Bertz CT molecular complexity index is 256. The molecule has 0 bridgehead atoms. The smallest absolute Gasteiger partial charge is 0.196 e. The van der Waals surface area contributed by atoms with E-state index in [1.807, 2.05) is 5.38 Å². The molecule has 1 N–H and O–H groups in total. The maximum absolute atomic E-state index is 10.5. The molecule has 0 fully saturated rings. The second-order valence-electron chi connectivity index (χ2n) is 1.96. The molecule has 1 rings (SSSR count). The van der Waals surface area contributed by atoms with Crippen LogP contribution in [0.3, 0.4) is 0 Å². The van der Waals surface area contributed by atoms with Gasteiger partial charge in [-0.05, 0) is 17.0 Å². The molecular formula is C6H8O3S2. The molecule has 5 heteroatoms. The van der Waals surface area contributed by atoms with Crippen molar-refractivity contribution in [3.05, 3.63) is 17.0 Å². The number of hydrogen-bond donors (Lipinski definition) is 1. The summed E-state index contributed by atoms with van der Waals surface area (Å²) in [5, 5.41) is 1.81. The van der Waals surface area contributed by atoms with Crippen molar-refractivity contribution in [3.63, 3.8) is 0 Å². The van der Waals surface area contributed by atoms with Crippen molar-refractivity contribution >= 4 is 22.4 Å². The fourth-order valence-electron chi connectivity index (χ4n) is 0.687. The van der Waals surface area contributed by atoms with Crippen LogP contribution in [0.15, 0.2) is 15.7 Å². The Morgan fingerprint density at radius 3 is 3.00 bits per heavy atom. The van der Waals surface area contributed by atoms with E-state index in [1.165, 1.54) is 11.3 Å². The van der Waals surface area contributed by atoms with Gasteiger partial charge in [0, 0.05) is 7.11 Å². The van der Waals surface area contributed by atoms with E-state index in [2.05, 4.69) is 0 Å². The molecule has 1 aromatic rings. The summed E-state index contributed by atoms with van der Waals surface area (Å²) in [6.45, 7) is 0.494. The Kier molecular flexibility index (Phi) is 3.19. The highest BCUT2D eigenvalue weighted by Crippen LogP contribution is 2.17. The molecule has 0 aliphatic rings. The van der Waals surface area contributed by atoms with Crippen molar-refractivity contribution in [2.45, 2.75) is 10.8 Å². The van der Waals surface area contributed by atoms with Gasteiger partial charge in [0.25, 0.3) is 0 Å². The zero-order valence-electron chi connectivity index (χ0n) is 5.94. The lowest BCUT2D eigenvalue weighted by Gasteiger charge is -1.90. The largest absolute Gasteiger partial charge is 0.380 e. The molecular weight excluding hydrogens is 184 g/mol. The average molecular weight is 192 g/mol. The van der Waals surface area contributed by atoms with Crippen LogP contribution in [0.25, 0.3) is 0 Å². The lowest BCUT2D eigenvalue weighted by atomic mass is 10.4. The van der Waals surface area contributed by atoms with Gasteiger partial charge in [-0.1, -0.05) is 0 Å². The van der Waals surface area contributed by atoms with Crippen LogP contribution in [0.2, 0.25) is 0 Å². The molecule has 0 spiro atoms. The van der Waals surface area contributed by atoms with Crippen molar-refractivity contribution in [1.29, 1.82) is 0 Å². The first-order chi connectivity index (χ1) is 5.24. The van der Waals surface area contributed by atoms with Gasteiger partial charge in [-0.25, -0.2) is 4.21 Å². The maximum Gasteiger partial charge on any atom is 0.196 e. The van der Waals surface area contributed by atoms with Gasteiger partial charge in [0.2, 0.25) is 0 Å². The Balaban J connectivity index is 2.73. The van der Waals surface area contributed by atoms with Crippen LogP contribution in [0.1, 0.15) is 5.56 Å². The zero-order valence-corrected chi connectivity index (χ0v) is 7.58. The molecule has 0 saturated heterocycles. The Morgan fingerprint density at radius 2 is 2.55 bits per heavy atom. The molecule has 11 heavy (non-hydrogen) atoms. The second kappa shape index (κ2) is 3.96. The predicted octanol–water partition coefficient (Wildman–Crippen LogP) is 1.48. The van der Waals surface area contributed by atoms with Crippen LogP contribution < -0.4 is 0 Å². The molecule has 3 nitrogen and oxygen atoms in total. The molecule has 0 aromatic carbocycles. The Hall–Kier alpha value is -0.230. The quantitative estimate of drug-likeness (QED) is 0.738. The molecule has 62 valence electrons. The minimum Gasteiger partial charge on any atom is -0.380 e. The summed E-state index contributed by atoms with van der Waals surface area (Å²) in [4.78, 5) is 0. The summed E-state index contributed by atoms with van der Waals surface area (Å²) in [5.41, 5.74) is 0.940. The molecule has 0 aliphatic carbocycles. The number of methoxy groups -OCH3 is 1. The number of hydrogen-bond acceptors (Lipinski definition) is 3. The van der Waals surface area contributed by atoms with Gasteiger partial charge >= 0.3 is 0 Å². The molecule has 1 aromatic heterocycles. The first-order valence-corrected chi connectivity index (χ1v) is 4.90. The van der Waals surface area contributed by atoms with Crippen LogP contribution in [0, 0.1) is 0 Å². The number of thiophene rings is 1. The van der Waals surface area contributed by atoms with Crippen LogP contribution in [0.4, 0.5) is 0 Å². The highest BCUT2D eigenvalue weighted by atomic mass is 32.2. The first-order valence-electron chi connectivity index (χ1n) is 2.91. The normalized spacial score (nSPS) is 13.3. The molecule has 1 unspecified atom stereocenters. The molecule has 1 atom stereocenters. The monoisotopic (exact) mass is 192 g/mol. The highest BCUT2D eigenvalue weighted by Gasteiger charge is 2.03. The lowest BCUT2D eigenvalue weighted by molar-refractivity contribution is 0.185. The molecule has 0 amide bonds. The van der Waals surface area contributed by atoms with Crippen molar-refractivity contribution in [1.82, 2.24) is 0 Å². The van der Waals surface area contributed by atoms with E-state index in [9.17, 15) is 4.21 Å². The van der Waals surface area contributed by atoms with E-state index in [0.29, 0.717) is 10.8 Å². The van der Waals surface area contributed by atoms with E-state index in [-0.39, 0.29) is 0 Å². The van der Waals surface area contributed by atoms with E-state index < -0.39 is 11.1 Å². The maximum atomic E-state index is 10.5. The van der Waals surface area contributed by atoms with Crippen molar-refractivity contribution < 1.29 is 13.5 Å². The average Bonchev–Trinajstić information content (AvgIpc) is 2.37. The van der Waals surface area contributed by atoms with Gasteiger partial charge in [-0.3, -0.25) is 0 Å². The van der Waals surface area contributed by atoms with Crippen LogP contribution in [-0.2, 0) is 22.4 Å². The summed E-state index contributed by atoms with van der Waals surface area (Å²) in [7, 11) is 1.59. The van der Waals surface area contributed by atoms with Gasteiger partial charge in [0.1, 0.15) is 4.21 Å². The predicted molar refractivity (Wildman–Crippen MR) is 44.1 cm³/mol. The number of ether oxygens (including phenoxy) is 1. The zero-order chi connectivity index (χ0) is 8.27. The number of rotatable bonds is 3. The van der Waals surface area contributed by atoms with E-state index in [4.69, 9.17) is 9.29 Å². The second-order valence-corrected chi connectivity index (χ2v) is 4.06. The summed E-state index contributed by atoms with van der Waals surface area (Å²) in [6.07, 6.45) is 0. The Labute approximate surface area is 71.3 Å².